The highest BCUT2D eigenvalue weighted by molar-refractivity contribution is 7.95. The predicted octanol–water partition coefficient (Wildman–Crippen LogP) is 4.39. The van der Waals surface area contributed by atoms with Gasteiger partial charge < -0.3 is 0 Å². The van der Waals surface area contributed by atoms with Gasteiger partial charge in [0, 0.05) is 6.85 Å². The first-order valence-corrected chi connectivity index (χ1v) is 8.92. The molecule has 0 heterocycles. The molecule has 0 N–H and O–H groups in total. The summed E-state index contributed by atoms with van der Waals surface area (Å²) in [7, 11) is -3.38. The zero-order chi connectivity index (χ0) is 21.3. The molecule has 0 unspecified atom stereocenters. The molecule has 0 fully saturated rings. The molecule has 0 saturated carbocycles. The van der Waals surface area contributed by atoms with Crippen LogP contribution in [0.3, 0.4) is 0 Å². The molecule has 0 aliphatic rings. The lowest BCUT2D eigenvalue weighted by Crippen LogP contribution is -2.33. The summed E-state index contributed by atoms with van der Waals surface area (Å²) in [5, 5.41) is 1.78. The van der Waals surface area contributed by atoms with Crippen molar-refractivity contribution >= 4 is 23.2 Å². The first-order chi connectivity index (χ1) is 13.6. The maximum absolute atomic E-state index is 9.08. The molecule has 0 aliphatic carbocycles. The SMILES string of the molecule is [2H]C([2H])([2H])C([2H])([2H])C([2H])([2H])[P+](c1ccccc1)(c1ccccc1)c1ccccc1. The molecule has 110 valence electrons. The van der Waals surface area contributed by atoms with E-state index in [0.717, 1.165) is 0 Å². The minimum absolute atomic E-state index is 0.593. The van der Waals surface area contributed by atoms with Crippen molar-refractivity contribution < 1.29 is 9.60 Å². The van der Waals surface area contributed by atoms with Crippen molar-refractivity contribution in [3.05, 3.63) is 91.0 Å². The van der Waals surface area contributed by atoms with Crippen LogP contribution in [-0.2, 0) is 0 Å². The zero-order valence-electron chi connectivity index (χ0n) is 19.1. The van der Waals surface area contributed by atoms with E-state index in [1.807, 2.05) is 18.2 Å². The van der Waals surface area contributed by atoms with E-state index in [-0.39, 0.29) is 0 Å². The summed E-state index contributed by atoms with van der Waals surface area (Å²) in [5.74, 6) is 0. The van der Waals surface area contributed by atoms with Crippen LogP contribution in [0.1, 0.15) is 22.8 Å². The Morgan fingerprint density at radius 3 is 1.36 bits per heavy atom. The van der Waals surface area contributed by atoms with E-state index in [2.05, 4.69) is 0 Å². The van der Waals surface area contributed by atoms with Crippen LogP contribution in [0.25, 0.3) is 0 Å². The second-order valence-electron chi connectivity index (χ2n) is 4.91. The van der Waals surface area contributed by atoms with Crippen molar-refractivity contribution in [3.63, 3.8) is 0 Å². The van der Waals surface area contributed by atoms with Gasteiger partial charge in [0.05, 0.1) is 8.86 Å². The van der Waals surface area contributed by atoms with Gasteiger partial charge in [-0.2, -0.15) is 0 Å². The van der Waals surface area contributed by atoms with Gasteiger partial charge in [-0.25, -0.2) is 0 Å². The standard InChI is InChI=1S/C21H22P/c1-2-18-22(19-12-6-3-7-13-19,20-14-8-4-9-15-20)21-16-10-5-11-17-21/h3-17H,2,18H2,1H3/q+1/i1D3,2D2,18D2. The summed E-state index contributed by atoms with van der Waals surface area (Å²) < 4.78 is 58.4. The highest BCUT2D eigenvalue weighted by atomic mass is 31.2. The molecule has 0 nitrogen and oxygen atoms in total. The maximum atomic E-state index is 9.08. The second-order valence-corrected chi connectivity index (χ2v) is 8.03. The van der Waals surface area contributed by atoms with Crippen molar-refractivity contribution in [1.82, 2.24) is 0 Å². The lowest BCUT2D eigenvalue weighted by Gasteiger charge is -2.27. The number of hydrogen-bond acceptors (Lipinski definition) is 0. The highest BCUT2D eigenvalue weighted by Gasteiger charge is 2.43. The van der Waals surface area contributed by atoms with Crippen molar-refractivity contribution in [2.45, 2.75) is 13.2 Å². The monoisotopic (exact) mass is 312 g/mol. The van der Waals surface area contributed by atoms with E-state index in [4.69, 9.17) is 9.60 Å². The van der Waals surface area contributed by atoms with Gasteiger partial charge in [-0.1, -0.05) is 61.4 Å². The van der Waals surface area contributed by atoms with Crippen LogP contribution >= 0.6 is 7.26 Å². The summed E-state index contributed by atoms with van der Waals surface area (Å²) in [4.78, 5) is 0. The molecule has 0 saturated heterocycles. The summed E-state index contributed by atoms with van der Waals surface area (Å²) >= 11 is 0. The van der Waals surface area contributed by atoms with E-state index >= 15 is 0 Å². The lowest BCUT2D eigenvalue weighted by atomic mass is 10.4. The Hall–Kier alpha value is -1.91. The maximum Gasteiger partial charge on any atom is 0.112 e. The fraction of sp³-hybridized carbons (Fsp3) is 0.143. The third-order valence-corrected chi connectivity index (χ3v) is 7.32. The third kappa shape index (κ3) is 2.72. The molecule has 22 heavy (non-hydrogen) atoms. The molecule has 0 aliphatic heterocycles. The molecule has 0 spiro atoms. The van der Waals surface area contributed by atoms with Crippen LogP contribution in [0.4, 0.5) is 0 Å². The van der Waals surface area contributed by atoms with E-state index < -0.39 is 26.6 Å². The fourth-order valence-electron chi connectivity index (χ4n) is 2.68. The minimum atomic E-state index is -3.38. The van der Waals surface area contributed by atoms with Crippen molar-refractivity contribution in [2.24, 2.45) is 0 Å². The van der Waals surface area contributed by atoms with Crippen molar-refractivity contribution in [2.75, 3.05) is 6.11 Å². The average molecular weight is 312 g/mol. The Morgan fingerprint density at radius 2 is 1.05 bits per heavy atom. The number of rotatable bonds is 5. The van der Waals surface area contributed by atoms with Crippen molar-refractivity contribution in [1.29, 1.82) is 0 Å². The zero-order valence-corrected chi connectivity index (χ0v) is 13.0. The van der Waals surface area contributed by atoms with Crippen LogP contribution in [0.2, 0.25) is 0 Å². The lowest BCUT2D eigenvalue weighted by molar-refractivity contribution is 1.10. The summed E-state index contributed by atoms with van der Waals surface area (Å²) in [6.07, 6.45) is -5.80. The van der Waals surface area contributed by atoms with Gasteiger partial charge in [-0.15, -0.1) is 0 Å². The Labute approximate surface area is 144 Å². The number of benzene rings is 3. The highest BCUT2D eigenvalue weighted by Crippen LogP contribution is 2.55. The predicted molar refractivity (Wildman–Crippen MR) is 100 cm³/mol. The molecule has 0 aromatic heterocycles. The van der Waals surface area contributed by atoms with E-state index in [1.54, 1.807) is 72.8 Å². The summed E-state index contributed by atoms with van der Waals surface area (Å²) in [6, 6.07) is 26.7. The van der Waals surface area contributed by atoms with Gasteiger partial charge in [0.15, 0.2) is 0 Å². The summed E-state index contributed by atoms with van der Waals surface area (Å²) in [6.45, 7) is -3.14. The molecule has 0 atom stereocenters. The molecule has 3 aromatic rings. The van der Waals surface area contributed by atoms with Crippen LogP contribution in [0.15, 0.2) is 91.0 Å². The quantitative estimate of drug-likeness (QED) is 0.613. The Kier molecular flexibility index (Phi) is 2.71. The first kappa shape index (κ1) is 8.65. The van der Waals surface area contributed by atoms with E-state index in [1.165, 1.54) is 0 Å². The van der Waals surface area contributed by atoms with E-state index in [0.29, 0.717) is 15.9 Å². The first-order valence-electron chi connectivity index (χ1n) is 10.6. The third-order valence-electron chi connectivity index (χ3n) is 3.65. The number of hydrogen-bond donors (Lipinski definition) is 0. The van der Waals surface area contributed by atoms with Gasteiger partial charge in [0.25, 0.3) is 0 Å². The van der Waals surface area contributed by atoms with Crippen LogP contribution < -0.4 is 15.9 Å². The second kappa shape index (κ2) is 6.90. The fourth-order valence-corrected chi connectivity index (χ4v) is 5.99. The van der Waals surface area contributed by atoms with Gasteiger partial charge in [-0.05, 0) is 42.8 Å². The molecule has 0 radical (unpaired) electrons. The van der Waals surface area contributed by atoms with Crippen LogP contribution in [0, 0.1) is 0 Å². The Balaban J connectivity index is 2.50. The molecule has 0 amide bonds. The minimum Gasteiger partial charge on any atom is -0.0620 e. The van der Waals surface area contributed by atoms with E-state index in [9.17, 15) is 0 Å². The van der Waals surface area contributed by atoms with Gasteiger partial charge in [-0.3, -0.25) is 0 Å². The van der Waals surface area contributed by atoms with Gasteiger partial charge in [0.2, 0.25) is 0 Å². The van der Waals surface area contributed by atoms with Crippen LogP contribution in [-0.4, -0.2) is 6.11 Å². The Bertz CT molecular complexity index is 842. The molecular formula is C21H22P+. The van der Waals surface area contributed by atoms with Crippen LogP contribution in [0.5, 0.6) is 0 Å². The smallest absolute Gasteiger partial charge is 0.0620 e. The van der Waals surface area contributed by atoms with Gasteiger partial charge in [0.1, 0.15) is 23.2 Å². The Morgan fingerprint density at radius 1 is 0.682 bits per heavy atom. The van der Waals surface area contributed by atoms with Crippen molar-refractivity contribution in [3.8, 4) is 0 Å². The molecule has 3 aromatic carbocycles. The molecule has 3 rings (SSSR count). The van der Waals surface area contributed by atoms with Gasteiger partial charge >= 0.3 is 0 Å². The normalized spacial score (nSPS) is 17.9. The largest absolute Gasteiger partial charge is 0.112 e. The molecule has 1 heteroatoms. The topological polar surface area (TPSA) is 0 Å². The summed E-state index contributed by atoms with van der Waals surface area (Å²) in [5.41, 5.74) is 0. The average Bonchev–Trinajstić information content (AvgIpc) is 2.70. The molecule has 0 bridgehead atoms. The molecular weight excluding hydrogens is 283 g/mol.